The van der Waals surface area contributed by atoms with Gasteiger partial charge in [-0.15, -0.1) is 0 Å². The molecule has 4 nitrogen and oxygen atoms in total. The summed E-state index contributed by atoms with van der Waals surface area (Å²) in [5.41, 5.74) is 0.595. The first-order valence-corrected chi connectivity index (χ1v) is 14.7. The van der Waals surface area contributed by atoms with E-state index in [1.807, 2.05) is 60.7 Å². The Labute approximate surface area is 228 Å². The van der Waals surface area contributed by atoms with E-state index in [0.29, 0.717) is 18.4 Å². The number of hydrogen-bond donors (Lipinski definition) is 0. The van der Waals surface area contributed by atoms with Crippen molar-refractivity contribution in [2.24, 2.45) is 17.8 Å². The van der Waals surface area contributed by atoms with Crippen molar-refractivity contribution >= 4 is 41.4 Å². The second-order valence-corrected chi connectivity index (χ2v) is 12.6. The highest BCUT2D eigenvalue weighted by atomic mass is 31.1. The van der Waals surface area contributed by atoms with Crippen molar-refractivity contribution in [2.45, 2.75) is 60.0 Å². The summed E-state index contributed by atoms with van der Waals surface area (Å²) in [7, 11) is -0.947. The van der Waals surface area contributed by atoms with Crippen LogP contribution in [0.3, 0.4) is 0 Å². The van der Waals surface area contributed by atoms with E-state index >= 15 is 0 Å². The lowest BCUT2D eigenvalue weighted by molar-refractivity contribution is -0.130. The van der Waals surface area contributed by atoms with Crippen LogP contribution in [0.2, 0.25) is 0 Å². The maximum atomic E-state index is 13.7. The number of carbonyl (C=O) groups is 3. The number of esters is 1. The zero-order valence-corrected chi connectivity index (χ0v) is 24.0. The number of ether oxygens (including phenoxy) is 1. The van der Waals surface area contributed by atoms with Crippen molar-refractivity contribution in [1.82, 2.24) is 0 Å². The normalized spacial score (nSPS) is 12.9. The van der Waals surface area contributed by atoms with Gasteiger partial charge in [-0.3, -0.25) is 9.59 Å². The first kappa shape index (κ1) is 29.5. The molecule has 0 aliphatic heterocycles. The van der Waals surface area contributed by atoms with E-state index in [9.17, 15) is 14.4 Å². The molecule has 3 aromatic rings. The number of carbonyl (C=O) groups excluding carboxylic acids is 3. The maximum Gasteiger partial charge on any atom is 0.339 e. The van der Waals surface area contributed by atoms with Gasteiger partial charge < -0.3 is 4.74 Å². The number of hydrogen-bond acceptors (Lipinski definition) is 4. The zero-order valence-electron chi connectivity index (χ0n) is 23.1. The van der Waals surface area contributed by atoms with E-state index < -0.39 is 13.8 Å². The summed E-state index contributed by atoms with van der Waals surface area (Å²) in [6, 6.07) is 28.4. The molecule has 0 fully saturated rings. The van der Waals surface area contributed by atoms with E-state index in [4.69, 9.17) is 4.74 Å². The quantitative estimate of drug-likeness (QED) is 0.149. The number of benzene rings is 3. The Balaban J connectivity index is 1.83. The Morgan fingerprint density at radius 2 is 1.21 bits per heavy atom. The van der Waals surface area contributed by atoms with Gasteiger partial charge in [0.05, 0.1) is 11.5 Å². The highest BCUT2D eigenvalue weighted by Crippen LogP contribution is 2.34. The fraction of sp³-hybridized carbons (Fsp3) is 0.364. The second kappa shape index (κ2) is 14.2. The van der Waals surface area contributed by atoms with Gasteiger partial charge >= 0.3 is 5.97 Å². The molecular formula is C33H39O4P. The van der Waals surface area contributed by atoms with Crippen LogP contribution in [0.4, 0.5) is 0 Å². The van der Waals surface area contributed by atoms with Gasteiger partial charge in [-0.2, -0.15) is 0 Å². The van der Waals surface area contributed by atoms with Crippen molar-refractivity contribution in [3.63, 3.8) is 0 Å². The molecule has 38 heavy (non-hydrogen) atoms. The number of rotatable bonds is 13. The van der Waals surface area contributed by atoms with Crippen LogP contribution in [-0.4, -0.2) is 23.6 Å². The largest absolute Gasteiger partial charge is 0.458 e. The minimum atomic E-state index is -0.947. The van der Waals surface area contributed by atoms with Crippen molar-refractivity contribution in [2.75, 3.05) is 0 Å². The van der Waals surface area contributed by atoms with E-state index in [2.05, 4.69) is 45.0 Å². The average molecular weight is 531 g/mol. The third-order valence-electron chi connectivity index (χ3n) is 6.96. The number of Topliss-reactive ketones (excluding diaryl/α,β-unsaturated/α-hetero) is 2. The van der Waals surface area contributed by atoms with E-state index in [-0.39, 0.29) is 35.5 Å². The van der Waals surface area contributed by atoms with Gasteiger partial charge in [0, 0.05) is 0 Å². The minimum Gasteiger partial charge on any atom is -0.458 e. The number of ketones is 2. The molecule has 0 aliphatic carbocycles. The van der Waals surface area contributed by atoms with Gasteiger partial charge in [0.2, 0.25) is 0 Å². The van der Waals surface area contributed by atoms with Gasteiger partial charge in [0.25, 0.3) is 0 Å². The molecule has 3 aromatic carbocycles. The molecule has 0 saturated heterocycles. The van der Waals surface area contributed by atoms with Gasteiger partial charge in [-0.25, -0.2) is 4.79 Å². The lowest BCUT2D eigenvalue weighted by atomic mass is 9.87. The van der Waals surface area contributed by atoms with E-state index in [0.717, 1.165) is 11.7 Å². The third-order valence-corrected chi connectivity index (χ3v) is 9.46. The molecular weight excluding hydrogens is 491 g/mol. The van der Waals surface area contributed by atoms with Crippen LogP contribution in [0.15, 0.2) is 84.9 Å². The Morgan fingerprint density at radius 3 is 1.71 bits per heavy atom. The molecule has 200 valence electrons. The van der Waals surface area contributed by atoms with Gasteiger partial charge in [-0.05, 0) is 74.8 Å². The summed E-state index contributed by atoms with van der Waals surface area (Å²) in [5.74, 6) is -0.675. The first-order valence-electron chi connectivity index (χ1n) is 13.4. The minimum absolute atomic E-state index is 0.0820. The molecule has 0 amide bonds. The summed E-state index contributed by atoms with van der Waals surface area (Å²) in [5, 5.41) is 3.33. The van der Waals surface area contributed by atoms with Crippen LogP contribution in [0.5, 0.6) is 0 Å². The van der Waals surface area contributed by atoms with Crippen LogP contribution >= 0.6 is 7.92 Å². The predicted octanol–water partition coefficient (Wildman–Crippen LogP) is 6.23. The molecule has 2 atom stereocenters. The zero-order chi connectivity index (χ0) is 27.7. The van der Waals surface area contributed by atoms with E-state index in [1.165, 1.54) is 24.5 Å². The van der Waals surface area contributed by atoms with Gasteiger partial charge in [0.15, 0.2) is 0 Å². The summed E-state index contributed by atoms with van der Waals surface area (Å²) >= 11 is 0. The smallest absolute Gasteiger partial charge is 0.339 e. The molecule has 0 heterocycles. The maximum absolute atomic E-state index is 13.7. The third kappa shape index (κ3) is 7.95. The lowest BCUT2D eigenvalue weighted by Gasteiger charge is -2.27. The summed E-state index contributed by atoms with van der Waals surface area (Å²) in [4.78, 5) is 37.3. The molecule has 0 radical (unpaired) electrons. The van der Waals surface area contributed by atoms with Crippen LogP contribution in [0, 0.1) is 17.8 Å². The molecule has 5 heteroatoms. The molecule has 3 rings (SSSR count). The highest BCUT2D eigenvalue weighted by Gasteiger charge is 2.27. The van der Waals surface area contributed by atoms with Crippen molar-refractivity contribution in [3.05, 3.63) is 90.5 Å². The highest BCUT2D eigenvalue weighted by molar-refractivity contribution is 7.80. The van der Waals surface area contributed by atoms with E-state index in [1.54, 1.807) is 0 Å². The molecule has 0 saturated carbocycles. The van der Waals surface area contributed by atoms with Crippen molar-refractivity contribution < 1.29 is 19.1 Å². The Morgan fingerprint density at radius 1 is 0.711 bits per heavy atom. The van der Waals surface area contributed by atoms with Crippen LogP contribution in [0.25, 0.3) is 0 Å². The molecule has 0 aliphatic rings. The van der Waals surface area contributed by atoms with Crippen LogP contribution < -0.4 is 15.9 Å². The second-order valence-electron chi connectivity index (χ2n) is 10.4. The molecule has 0 aromatic heterocycles. The standard InChI is InChI=1S/C33H39O4P/c1-23(2)31(22-24(3)20-21-29(25(4)34)26(5)35)37-33(36)30-18-12-13-19-32(30)38(27-14-8-6-9-15-27)28-16-10-7-11-17-28/h6-19,23-24,29,31H,20-22H2,1-5H3/t24-,31+/m0/s1. The Kier molecular flexibility index (Phi) is 11.0. The fourth-order valence-corrected chi connectivity index (χ4v) is 7.18. The average Bonchev–Trinajstić information content (AvgIpc) is 2.89. The summed E-state index contributed by atoms with van der Waals surface area (Å²) < 4.78 is 6.17. The Bertz CT molecular complexity index is 1150. The van der Waals surface area contributed by atoms with Gasteiger partial charge in [-0.1, -0.05) is 99.6 Å². The summed E-state index contributed by atoms with van der Waals surface area (Å²) in [6.45, 7) is 9.17. The van der Waals surface area contributed by atoms with Crippen LogP contribution in [-0.2, 0) is 14.3 Å². The predicted molar refractivity (Wildman–Crippen MR) is 157 cm³/mol. The molecule has 0 bridgehead atoms. The summed E-state index contributed by atoms with van der Waals surface area (Å²) in [6.07, 6.45) is 1.68. The van der Waals surface area contributed by atoms with Crippen molar-refractivity contribution in [3.8, 4) is 0 Å². The van der Waals surface area contributed by atoms with Crippen molar-refractivity contribution in [1.29, 1.82) is 0 Å². The topological polar surface area (TPSA) is 60.4 Å². The monoisotopic (exact) mass is 530 g/mol. The van der Waals surface area contributed by atoms with Gasteiger partial charge in [0.1, 0.15) is 17.7 Å². The lowest BCUT2D eigenvalue weighted by Crippen LogP contribution is -2.30. The molecule has 0 spiro atoms. The molecule has 0 unspecified atom stereocenters. The first-order chi connectivity index (χ1) is 18.2. The Hall–Kier alpha value is -3.10. The fourth-order valence-electron chi connectivity index (χ4n) is 4.74. The molecule has 0 N–H and O–H groups in total. The SMILES string of the molecule is CC(=O)C(CC[C@H](C)C[C@@H](OC(=O)c1ccccc1P(c1ccccc1)c1ccccc1)C(C)C)C(C)=O. The van der Waals surface area contributed by atoms with Crippen LogP contribution in [0.1, 0.15) is 64.2 Å².